The van der Waals surface area contributed by atoms with Crippen molar-refractivity contribution >= 4 is 5.97 Å². The summed E-state index contributed by atoms with van der Waals surface area (Å²) in [5.41, 5.74) is -0.604. The van der Waals surface area contributed by atoms with Gasteiger partial charge in [-0.25, -0.2) is 0 Å². The van der Waals surface area contributed by atoms with Crippen molar-refractivity contribution in [3.63, 3.8) is 0 Å². The SMILES string of the molecule is CCOC(=O)C(C)(CN1CCC(CC)C1)NC(C)C. The van der Waals surface area contributed by atoms with Gasteiger partial charge in [0.15, 0.2) is 0 Å². The highest BCUT2D eigenvalue weighted by atomic mass is 16.5. The maximum atomic E-state index is 12.2. The largest absolute Gasteiger partial charge is 0.465 e. The molecule has 2 unspecified atom stereocenters. The molecule has 2 atom stereocenters. The second-order valence-electron chi connectivity index (χ2n) is 6.15. The Bertz CT molecular complexity index is 294. The molecular weight excluding hydrogens is 240 g/mol. The third kappa shape index (κ3) is 4.77. The minimum atomic E-state index is -0.604. The molecular formula is C15H30N2O2. The fraction of sp³-hybridized carbons (Fsp3) is 0.933. The number of rotatable bonds is 7. The Labute approximate surface area is 117 Å². The molecule has 1 rings (SSSR count). The molecule has 1 N–H and O–H groups in total. The van der Waals surface area contributed by atoms with Crippen LogP contribution in [0.25, 0.3) is 0 Å². The van der Waals surface area contributed by atoms with Gasteiger partial charge >= 0.3 is 5.97 Å². The molecule has 1 fully saturated rings. The highest BCUT2D eigenvalue weighted by Gasteiger charge is 2.38. The maximum Gasteiger partial charge on any atom is 0.327 e. The molecule has 0 aromatic heterocycles. The van der Waals surface area contributed by atoms with Crippen molar-refractivity contribution in [2.24, 2.45) is 5.92 Å². The number of hydrogen-bond donors (Lipinski definition) is 1. The predicted octanol–water partition coefficient (Wildman–Crippen LogP) is 2.04. The van der Waals surface area contributed by atoms with Crippen molar-refractivity contribution in [3.05, 3.63) is 0 Å². The number of hydrogen-bond acceptors (Lipinski definition) is 4. The van der Waals surface area contributed by atoms with Gasteiger partial charge in [0, 0.05) is 19.1 Å². The van der Waals surface area contributed by atoms with E-state index in [-0.39, 0.29) is 12.0 Å². The Balaban J connectivity index is 2.66. The lowest BCUT2D eigenvalue weighted by molar-refractivity contribution is -0.151. The van der Waals surface area contributed by atoms with Crippen molar-refractivity contribution in [3.8, 4) is 0 Å². The standard InChI is InChI=1S/C15H30N2O2/c1-6-13-8-9-17(10-13)11-15(5,16-12(3)4)14(18)19-7-2/h12-13,16H,6-11H2,1-5H3. The van der Waals surface area contributed by atoms with Gasteiger partial charge in [0.1, 0.15) is 5.54 Å². The van der Waals surface area contributed by atoms with E-state index < -0.39 is 5.54 Å². The van der Waals surface area contributed by atoms with Crippen LogP contribution in [0.1, 0.15) is 47.5 Å². The quantitative estimate of drug-likeness (QED) is 0.719. The van der Waals surface area contributed by atoms with Gasteiger partial charge in [0.05, 0.1) is 6.61 Å². The Hall–Kier alpha value is -0.610. The molecule has 1 heterocycles. The summed E-state index contributed by atoms with van der Waals surface area (Å²) in [5.74, 6) is 0.647. The van der Waals surface area contributed by atoms with Gasteiger partial charge in [0.25, 0.3) is 0 Å². The van der Waals surface area contributed by atoms with Crippen LogP contribution in [0.5, 0.6) is 0 Å². The van der Waals surface area contributed by atoms with Crippen LogP contribution >= 0.6 is 0 Å². The predicted molar refractivity (Wildman–Crippen MR) is 78.1 cm³/mol. The monoisotopic (exact) mass is 270 g/mol. The molecule has 1 aliphatic heterocycles. The Morgan fingerprint density at radius 3 is 2.63 bits per heavy atom. The summed E-state index contributed by atoms with van der Waals surface area (Å²) in [6.07, 6.45) is 2.47. The van der Waals surface area contributed by atoms with Gasteiger partial charge in [-0.3, -0.25) is 10.1 Å². The average Bonchev–Trinajstić information content (AvgIpc) is 2.75. The Morgan fingerprint density at radius 2 is 2.16 bits per heavy atom. The van der Waals surface area contributed by atoms with Crippen LogP contribution in [-0.2, 0) is 9.53 Å². The third-order valence-electron chi connectivity index (χ3n) is 3.82. The zero-order chi connectivity index (χ0) is 14.5. The van der Waals surface area contributed by atoms with Crippen LogP contribution in [0, 0.1) is 5.92 Å². The molecule has 19 heavy (non-hydrogen) atoms. The van der Waals surface area contributed by atoms with E-state index in [9.17, 15) is 4.79 Å². The van der Waals surface area contributed by atoms with Crippen molar-refractivity contribution in [2.45, 2.75) is 59.0 Å². The number of ether oxygens (including phenoxy) is 1. The fourth-order valence-electron chi connectivity index (χ4n) is 2.93. The van der Waals surface area contributed by atoms with Gasteiger partial charge in [-0.1, -0.05) is 13.3 Å². The van der Waals surface area contributed by atoms with Gasteiger partial charge in [-0.2, -0.15) is 0 Å². The summed E-state index contributed by atoms with van der Waals surface area (Å²) in [5, 5.41) is 3.38. The van der Waals surface area contributed by atoms with Gasteiger partial charge in [-0.15, -0.1) is 0 Å². The first kappa shape index (κ1) is 16.4. The summed E-state index contributed by atoms with van der Waals surface area (Å²) in [7, 11) is 0. The zero-order valence-electron chi connectivity index (χ0n) is 13.2. The summed E-state index contributed by atoms with van der Waals surface area (Å²) in [6, 6.07) is 0.263. The summed E-state index contributed by atoms with van der Waals surface area (Å²) >= 11 is 0. The van der Waals surface area contributed by atoms with E-state index in [1.54, 1.807) is 0 Å². The van der Waals surface area contributed by atoms with Crippen LogP contribution in [-0.4, -0.2) is 48.7 Å². The molecule has 0 bridgehead atoms. The van der Waals surface area contributed by atoms with E-state index >= 15 is 0 Å². The van der Waals surface area contributed by atoms with Crippen LogP contribution in [0.4, 0.5) is 0 Å². The normalized spacial score (nSPS) is 23.6. The maximum absolute atomic E-state index is 12.2. The smallest absolute Gasteiger partial charge is 0.327 e. The first-order valence-corrected chi connectivity index (χ1v) is 7.58. The first-order chi connectivity index (χ1) is 8.91. The molecule has 4 nitrogen and oxygen atoms in total. The van der Waals surface area contributed by atoms with Gasteiger partial charge in [-0.05, 0) is 46.6 Å². The van der Waals surface area contributed by atoms with Crippen LogP contribution in [0.2, 0.25) is 0 Å². The number of likely N-dealkylation sites (tertiary alicyclic amines) is 1. The van der Waals surface area contributed by atoms with Crippen molar-refractivity contribution in [1.82, 2.24) is 10.2 Å². The van der Waals surface area contributed by atoms with Crippen molar-refractivity contribution in [1.29, 1.82) is 0 Å². The van der Waals surface area contributed by atoms with E-state index in [0.29, 0.717) is 6.61 Å². The third-order valence-corrected chi connectivity index (χ3v) is 3.82. The average molecular weight is 270 g/mol. The highest BCUT2D eigenvalue weighted by molar-refractivity contribution is 5.80. The van der Waals surface area contributed by atoms with Crippen LogP contribution in [0.3, 0.4) is 0 Å². The minimum Gasteiger partial charge on any atom is -0.465 e. The molecule has 112 valence electrons. The number of esters is 1. The molecule has 1 aliphatic rings. The zero-order valence-corrected chi connectivity index (χ0v) is 13.2. The summed E-state index contributed by atoms with van der Waals surface area (Å²) in [6.45, 7) is 13.6. The summed E-state index contributed by atoms with van der Waals surface area (Å²) < 4.78 is 5.24. The molecule has 0 spiro atoms. The Kier molecular flexibility index (Phi) is 6.27. The number of carbonyl (C=O) groups excluding carboxylic acids is 1. The van der Waals surface area contributed by atoms with Gasteiger partial charge in [0.2, 0.25) is 0 Å². The second kappa shape index (κ2) is 7.25. The number of nitrogens with zero attached hydrogens (tertiary/aromatic N) is 1. The van der Waals surface area contributed by atoms with E-state index in [1.807, 2.05) is 13.8 Å². The molecule has 0 radical (unpaired) electrons. The molecule has 0 aromatic rings. The molecule has 0 saturated carbocycles. The molecule has 0 amide bonds. The fourth-order valence-corrected chi connectivity index (χ4v) is 2.93. The van der Waals surface area contributed by atoms with E-state index in [4.69, 9.17) is 4.74 Å². The number of nitrogens with one attached hydrogen (secondary N) is 1. The van der Waals surface area contributed by atoms with E-state index in [2.05, 4.69) is 31.0 Å². The molecule has 4 heteroatoms. The Morgan fingerprint density at radius 1 is 1.47 bits per heavy atom. The topological polar surface area (TPSA) is 41.6 Å². The first-order valence-electron chi connectivity index (χ1n) is 7.58. The van der Waals surface area contributed by atoms with Crippen molar-refractivity contribution in [2.75, 3.05) is 26.2 Å². The highest BCUT2D eigenvalue weighted by Crippen LogP contribution is 2.22. The lowest BCUT2D eigenvalue weighted by Crippen LogP contribution is -2.59. The van der Waals surface area contributed by atoms with E-state index in [1.165, 1.54) is 12.8 Å². The summed E-state index contributed by atoms with van der Waals surface area (Å²) in [4.78, 5) is 14.6. The molecule has 0 aliphatic carbocycles. The van der Waals surface area contributed by atoms with Gasteiger partial charge < -0.3 is 9.64 Å². The lowest BCUT2D eigenvalue weighted by atomic mass is 10.0. The number of carbonyl (C=O) groups is 1. The van der Waals surface area contributed by atoms with Crippen LogP contribution in [0.15, 0.2) is 0 Å². The molecule has 1 saturated heterocycles. The lowest BCUT2D eigenvalue weighted by Gasteiger charge is -2.34. The van der Waals surface area contributed by atoms with E-state index in [0.717, 1.165) is 25.6 Å². The minimum absolute atomic E-state index is 0.136. The molecule has 0 aromatic carbocycles. The van der Waals surface area contributed by atoms with Crippen LogP contribution < -0.4 is 5.32 Å². The second-order valence-corrected chi connectivity index (χ2v) is 6.15. The van der Waals surface area contributed by atoms with Crippen molar-refractivity contribution < 1.29 is 9.53 Å².